The number of hydrogen-bond donors (Lipinski definition) is 0. The van der Waals surface area contributed by atoms with Crippen LogP contribution in [0, 0.1) is 11.6 Å². The van der Waals surface area contributed by atoms with E-state index in [4.69, 9.17) is 0 Å². The average molecular weight is 570 g/mol. The van der Waals surface area contributed by atoms with Gasteiger partial charge in [0.15, 0.2) is 0 Å². The Morgan fingerprint density at radius 2 is 0.882 bits per heavy atom. The number of allylic oxidation sites excluding steroid dienone is 4. The molecular weight excluding hydrogens is 545 g/mol. The normalized spacial score (nSPS) is 14.8. The van der Waals surface area contributed by atoms with Crippen LogP contribution in [0.25, 0.3) is 0 Å². The van der Waals surface area contributed by atoms with Gasteiger partial charge in [-0.15, -0.1) is 0 Å². The second-order valence-corrected chi connectivity index (χ2v) is 14.3. The topological polar surface area (TPSA) is 0 Å². The molecule has 0 saturated heterocycles. The van der Waals surface area contributed by atoms with Crippen molar-refractivity contribution in [3.05, 3.63) is 113 Å². The minimum Gasteiger partial charge on any atom is -1.00 e. The quantitative estimate of drug-likeness (QED) is 0.225. The van der Waals surface area contributed by atoms with Crippen molar-refractivity contribution in [1.82, 2.24) is 0 Å². The third-order valence-corrected chi connectivity index (χ3v) is 15.5. The number of benzene rings is 3. The third-order valence-electron chi connectivity index (χ3n) is 7.14. The molecule has 176 valence electrons. The third kappa shape index (κ3) is 4.52. The van der Waals surface area contributed by atoms with Gasteiger partial charge in [-0.2, -0.15) is 0 Å². The maximum absolute atomic E-state index is 14.0. The molecule has 1 aliphatic carbocycles. The largest absolute Gasteiger partial charge is 1.00 e. The number of halogens is 5. The van der Waals surface area contributed by atoms with Gasteiger partial charge in [-0.05, 0) is 0 Å². The van der Waals surface area contributed by atoms with E-state index in [1.165, 1.54) is 27.5 Å². The molecule has 3 aromatic carbocycles. The Labute approximate surface area is 232 Å². The second kappa shape index (κ2) is 11.7. The zero-order valence-corrected chi connectivity index (χ0v) is 24.2. The van der Waals surface area contributed by atoms with Gasteiger partial charge in [-0.3, -0.25) is 0 Å². The van der Waals surface area contributed by atoms with Gasteiger partial charge < -0.3 is 37.2 Å². The first-order valence-corrected chi connectivity index (χ1v) is 13.2. The number of hydrogen-bond acceptors (Lipinski definition) is 0. The first-order chi connectivity index (χ1) is 14.7. The van der Waals surface area contributed by atoms with Crippen LogP contribution in [0.3, 0.4) is 0 Å². The Hall–Kier alpha value is -1.20. The molecule has 3 aromatic rings. The molecule has 0 radical (unpaired) electrons. The Morgan fingerprint density at radius 3 is 1.24 bits per heavy atom. The monoisotopic (exact) mass is 568 g/mol. The van der Waals surface area contributed by atoms with Crippen LogP contribution in [-0.4, -0.2) is 8.07 Å². The number of rotatable bonds is 4. The SMILES string of the molecule is CC1=C(C)[C]([Ti+3])([Si](c2ccccc2)(c2ccc(F)cc2)c2ccc(F)cc2)C(C)=C1C.[Cl-].[Cl-].[Cl-]. The van der Waals surface area contributed by atoms with E-state index >= 15 is 0 Å². The van der Waals surface area contributed by atoms with Crippen molar-refractivity contribution in [1.29, 1.82) is 0 Å². The van der Waals surface area contributed by atoms with E-state index in [0.29, 0.717) is 0 Å². The predicted octanol–water partition coefficient (Wildman–Crippen LogP) is -3.62. The van der Waals surface area contributed by atoms with Gasteiger partial charge in [0, 0.05) is 0 Å². The molecule has 0 aromatic heterocycles. The molecule has 7 heteroatoms. The Balaban J connectivity index is 0.00000193. The zero-order valence-electron chi connectivity index (χ0n) is 19.4. The van der Waals surface area contributed by atoms with Gasteiger partial charge in [0.05, 0.1) is 0 Å². The molecule has 0 fully saturated rings. The molecule has 34 heavy (non-hydrogen) atoms. The van der Waals surface area contributed by atoms with E-state index in [9.17, 15) is 8.78 Å². The average Bonchev–Trinajstić information content (AvgIpc) is 2.93. The molecule has 0 spiro atoms. The van der Waals surface area contributed by atoms with Crippen LogP contribution < -0.4 is 52.8 Å². The fraction of sp³-hybridized carbons (Fsp3) is 0.185. The summed E-state index contributed by atoms with van der Waals surface area (Å²) in [6.07, 6.45) is 0. The van der Waals surface area contributed by atoms with E-state index in [-0.39, 0.29) is 52.2 Å². The fourth-order valence-corrected chi connectivity index (χ4v) is 13.6. The van der Waals surface area contributed by atoms with Crippen LogP contribution in [0.1, 0.15) is 27.7 Å². The molecule has 0 bridgehead atoms. The summed E-state index contributed by atoms with van der Waals surface area (Å²) in [5.74, 6) is -0.496. The molecule has 0 aliphatic heterocycles. The molecule has 0 heterocycles. The fourth-order valence-electron chi connectivity index (χ4n) is 5.21. The van der Waals surface area contributed by atoms with E-state index in [1.807, 2.05) is 30.3 Å². The van der Waals surface area contributed by atoms with E-state index in [2.05, 4.69) is 72.4 Å². The molecule has 0 N–H and O–H groups in total. The van der Waals surface area contributed by atoms with Crippen molar-refractivity contribution in [3.63, 3.8) is 0 Å². The zero-order chi connectivity index (χ0) is 22.4. The molecular formula is C27H25Cl3F2SiTi. The van der Waals surface area contributed by atoms with Crippen LogP contribution in [0.4, 0.5) is 8.78 Å². The van der Waals surface area contributed by atoms with Gasteiger partial charge in [-0.1, -0.05) is 0 Å². The maximum Gasteiger partial charge on any atom is -1.00 e. The first-order valence-electron chi connectivity index (χ1n) is 10.4. The summed E-state index contributed by atoms with van der Waals surface area (Å²) >= 11 is 2.34. The predicted molar refractivity (Wildman–Crippen MR) is 123 cm³/mol. The van der Waals surface area contributed by atoms with Crippen LogP contribution in [-0.2, 0) is 20.4 Å². The molecule has 0 atom stereocenters. The summed E-state index contributed by atoms with van der Waals surface area (Å²) < 4.78 is 27.8. The van der Waals surface area contributed by atoms with Crippen LogP contribution in [0.2, 0.25) is 3.34 Å². The molecule has 1 aliphatic rings. The van der Waals surface area contributed by atoms with Gasteiger partial charge in [0.2, 0.25) is 0 Å². The Kier molecular flexibility index (Phi) is 10.6. The van der Waals surface area contributed by atoms with Gasteiger partial charge in [0.25, 0.3) is 0 Å². The summed E-state index contributed by atoms with van der Waals surface area (Å²) in [4.78, 5) is 0. The van der Waals surface area contributed by atoms with Crippen LogP contribution in [0.5, 0.6) is 0 Å². The van der Waals surface area contributed by atoms with Gasteiger partial charge in [-0.25, -0.2) is 0 Å². The van der Waals surface area contributed by atoms with Crippen LogP contribution in [0.15, 0.2) is 101 Å². The Bertz CT molecular complexity index is 1120. The smallest absolute Gasteiger partial charge is 1.00 e. The summed E-state index contributed by atoms with van der Waals surface area (Å²) in [5, 5.41) is 3.47. The van der Waals surface area contributed by atoms with E-state index < -0.39 is 8.07 Å². The minimum absolute atomic E-state index is 0. The standard InChI is InChI=1S/C27H25F2Si.3ClH.Ti/c1-18-19(2)21(4)27(20(18)3)30(24-8-6-5-7-9-24,25-14-10-22(28)11-15-25)26-16-12-23(29)13-17-26;;;;/h5-17H,1-4H3;3*1H;/q;;;;+3/p-3. The van der Waals surface area contributed by atoms with Crippen molar-refractivity contribution in [2.24, 2.45) is 0 Å². The van der Waals surface area contributed by atoms with Crippen molar-refractivity contribution in [3.8, 4) is 0 Å². The Morgan fingerprint density at radius 1 is 0.559 bits per heavy atom. The molecule has 0 nitrogen and oxygen atoms in total. The van der Waals surface area contributed by atoms with Crippen molar-refractivity contribution < 1.29 is 66.4 Å². The molecule has 4 rings (SSSR count). The summed E-state index contributed by atoms with van der Waals surface area (Å²) in [5.41, 5.74) is 5.31. The van der Waals surface area contributed by atoms with Gasteiger partial charge in [0.1, 0.15) is 0 Å². The summed E-state index contributed by atoms with van der Waals surface area (Å²) in [6.45, 7) is 8.85. The summed E-state index contributed by atoms with van der Waals surface area (Å²) in [7, 11) is -2.82. The summed E-state index contributed by atoms with van der Waals surface area (Å²) in [6, 6.07) is 24.5. The molecule has 0 amide bonds. The van der Waals surface area contributed by atoms with Crippen LogP contribution >= 0.6 is 0 Å². The first kappa shape index (κ1) is 30.8. The minimum atomic E-state index is -2.82. The molecule has 0 unspecified atom stereocenters. The molecule has 0 saturated carbocycles. The van der Waals surface area contributed by atoms with Crippen molar-refractivity contribution in [2.75, 3.05) is 0 Å². The van der Waals surface area contributed by atoms with E-state index in [1.54, 1.807) is 24.3 Å². The van der Waals surface area contributed by atoms with Crippen molar-refractivity contribution in [2.45, 2.75) is 31.0 Å². The van der Waals surface area contributed by atoms with Crippen molar-refractivity contribution >= 4 is 23.6 Å². The second-order valence-electron chi connectivity index (χ2n) is 8.38. The van der Waals surface area contributed by atoms with Gasteiger partial charge >= 0.3 is 197 Å². The maximum atomic E-state index is 14.0. The van der Waals surface area contributed by atoms with E-state index in [0.717, 1.165) is 10.4 Å².